The molecule has 4 N–H and O–H groups in total. The maximum Gasteiger partial charge on any atom is 0.326 e. The van der Waals surface area contributed by atoms with E-state index in [1.54, 1.807) is 0 Å². The summed E-state index contributed by atoms with van der Waals surface area (Å²) in [5.41, 5.74) is 0. The predicted molar refractivity (Wildman–Crippen MR) is 70.5 cm³/mol. The Morgan fingerprint density at radius 3 is 2.35 bits per heavy atom. The molecule has 114 valence electrons. The number of urea groups is 1. The predicted octanol–water partition coefficient (Wildman–Crippen LogP) is -0.304. The molecule has 2 amide bonds. The Hall–Kier alpha value is -1.83. The molecule has 8 nitrogen and oxygen atoms in total. The molecular weight excluding hydrogens is 266 g/mol. The average Bonchev–Trinajstić information content (AvgIpc) is 3.17. The van der Waals surface area contributed by atoms with Crippen LogP contribution in [0.3, 0.4) is 0 Å². The Labute approximate surface area is 117 Å². The van der Waals surface area contributed by atoms with Crippen LogP contribution in [-0.2, 0) is 9.59 Å². The molecule has 8 heteroatoms. The van der Waals surface area contributed by atoms with Crippen LogP contribution in [-0.4, -0.2) is 64.8 Å². The summed E-state index contributed by atoms with van der Waals surface area (Å²) in [6, 6.07) is -1.40. The number of aliphatic carboxylic acids is 2. The van der Waals surface area contributed by atoms with Crippen LogP contribution in [0.5, 0.6) is 0 Å². The van der Waals surface area contributed by atoms with Gasteiger partial charge in [0.15, 0.2) is 0 Å². The van der Waals surface area contributed by atoms with Crippen LogP contribution in [0, 0.1) is 0 Å². The van der Waals surface area contributed by atoms with Gasteiger partial charge in [0.1, 0.15) is 6.04 Å². The second kappa shape index (κ2) is 7.09. The van der Waals surface area contributed by atoms with Gasteiger partial charge in [-0.2, -0.15) is 0 Å². The monoisotopic (exact) mass is 287 g/mol. The lowest BCUT2D eigenvalue weighted by atomic mass is 10.2. The van der Waals surface area contributed by atoms with E-state index >= 15 is 0 Å². The third kappa shape index (κ3) is 5.43. The van der Waals surface area contributed by atoms with E-state index in [0.29, 0.717) is 12.6 Å². The highest BCUT2D eigenvalue weighted by Gasteiger charge is 2.29. The van der Waals surface area contributed by atoms with E-state index in [-0.39, 0.29) is 6.04 Å². The largest absolute Gasteiger partial charge is 0.481 e. The van der Waals surface area contributed by atoms with Crippen LogP contribution < -0.4 is 10.6 Å². The van der Waals surface area contributed by atoms with Crippen molar-refractivity contribution < 1.29 is 24.6 Å². The Morgan fingerprint density at radius 2 is 1.90 bits per heavy atom. The lowest BCUT2D eigenvalue weighted by Crippen LogP contribution is -2.50. The van der Waals surface area contributed by atoms with Crippen molar-refractivity contribution in [2.45, 2.75) is 44.3 Å². The van der Waals surface area contributed by atoms with E-state index in [9.17, 15) is 14.4 Å². The number of amides is 2. The molecule has 0 bridgehead atoms. The van der Waals surface area contributed by atoms with Gasteiger partial charge in [0.25, 0.3) is 0 Å². The number of carbonyl (C=O) groups is 3. The average molecular weight is 287 g/mol. The van der Waals surface area contributed by atoms with Crippen LogP contribution in [0.25, 0.3) is 0 Å². The molecule has 1 saturated carbocycles. The topological polar surface area (TPSA) is 119 Å². The lowest BCUT2D eigenvalue weighted by molar-refractivity contribution is -0.145. The molecule has 0 heterocycles. The van der Waals surface area contributed by atoms with Crippen molar-refractivity contribution >= 4 is 18.0 Å². The van der Waals surface area contributed by atoms with Gasteiger partial charge in [-0.1, -0.05) is 0 Å². The van der Waals surface area contributed by atoms with Crippen LogP contribution in [0.15, 0.2) is 0 Å². The van der Waals surface area contributed by atoms with Gasteiger partial charge in [-0.3, -0.25) is 9.69 Å². The molecule has 0 spiro atoms. The molecule has 0 aromatic rings. The van der Waals surface area contributed by atoms with E-state index < -0.39 is 30.4 Å². The quantitative estimate of drug-likeness (QED) is 0.486. The first-order chi connectivity index (χ1) is 9.31. The number of rotatable bonds is 8. The lowest BCUT2D eigenvalue weighted by Gasteiger charge is -2.25. The Balaban J connectivity index is 2.33. The van der Waals surface area contributed by atoms with E-state index in [1.807, 2.05) is 14.0 Å². The van der Waals surface area contributed by atoms with Gasteiger partial charge in [-0.05, 0) is 26.8 Å². The van der Waals surface area contributed by atoms with Crippen molar-refractivity contribution in [3.8, 4) is 0 Å². The van der Waals surface area contributed by atoms with Crippen molar-refractivity contribution in [1.29, 1.82) is 0 Å². The Kier molecular flexibility index (Phi) is 5.75. The normalized spacial score (nSPS) is 17.4. The number of hydrogen-bond acceptors (Lipinski definition) is 4. The second-order valence-electron chi connectivity index (χ2n) is 5.09. The van der Waals surface area contributed by atoms with Crippen LogP contribution in [0.4, 0.5) is 4.79 Å². The van der Waals surface area contributed by atoms with Gasteiger partial charge >= 0.3 is 18.0 Å². The summed E-state index contributed by atoms with van der Waals surface area (Å²) < 4.78 is 0. The van der Waals surface area contributed by atoms with E-state index in [2.05, 4.69) is 15.5 Å². The molecule has 2 atom stereocenters. The van der Waals surface area contributed by atoms with Crippen molar-refractivity contribution in [3.63, 3.8) is 0 Å². The van der Waals surface area contributed by atoms with Crippen molar-refractivity contribution in [1.82, 2.24) is 15.5 Å². The van der Waals surface area contributed by atoms with Crippen molar-refractivity contribution in [3.05, 3.63) is 0 Å². The third-order valence-electron chi connectivity index (χ3n) is 3.36. The Bertz CT molecular complexity index is 383. The van der Waals surface area contributed by atoms with Gasteiger partial charge in [-0.25, -0.2) is 9.59 Å². The first kappa shape index (κ1) is 16.2. The van der Waals surface area contributed by atoms with Crippen LogP contribution >= 0.6 is 0 Å². The molecule has 20 heavy (non-hydrogen) atoms. The summed E-state index contributed by atoms with van der Waals surface area (Å²) in [6.07, 6.45) is 1.67. The molecular formula is C12H21N3O5. The van der Waals surface area contributed by atoms with Crippen molar-refractivity contribution in [2.24, 2.45) is 0 Å². The minimum absolute atomic E-state index is 0.135. The number of likely N-dealkylation sites (N-methyl/N-ethyl adjacent to an activating group) is 1. The maximum absolute atomic E-state index is 11.6. The molecule has 0 aromatic carbocycles. The molecule has 2 unspecified atom stereocenters. The zero-order chi connectivity index (χ0) is 15.3. The molecule has 0 radical (unpaired) electrons. The van der Waals surface area contributed by atoms with Gasteiger partial charge < -0.3 is 20.8 Å². The number of carbonyl (C=O) groups excluding carboxylic acids is 1. The molecule has 1 fully saturated rings. The van der Waals surface area contributed by atoms with Gasteiger partial charge in [-0.15, -0.1) is 0 Å². The van der Waals surface area contributed by atoms with E-state index in [0.717, 1.165) is 12.8 Å². The first-order valence-corrected chi connectivity index (χ1v) is 6.52. The fourth-order valence-corrected chi connectivity index (χ4v) is 1.81. The highest BCUT2D eigenvalue weighted by atomic mass is 16.4. The molecule has 1 rings (SSSR count). The molecule has 0 saturated heterocycles. The third-order valence-corrected chi connectivity index (χ3v) is 3.36. The van der Waals surface area contributed by atoms with Crippen LogP contribution in [0.2, 0.25) is 0 Å². The molecule has 0 aromatic heterocycles. The fourth-order valence-electron chi connectivity index (χ4n) is 1.81. The van der Waals surface area contributed by atoms with E-state index in [1.165, 1.54) is 0 Å². The van der Waals surface area contributed by atoms with Gasteiger partial charge in [0.2, 0.25) is 0 Å². The molecule has 1 aliphatic carbocycles. The zero-order valence-corrected chi connectivity index (χ0v) is 11.6. The number of hydrogen-bond donors (Lipinski definition) is 4. The van der Waals surface area contributed by atoms with Gasteiger partial charge in [0.05, 0.1) is 6.42 Å². The van der Waals surface area contributed by atoms with Gasteiger partial charge in [0, 0.05) is 18.6 Å². The minimum Gasteiger partial charge on any atom is -0.481 e. The van der Waals surface area contributed by atoms with E-state index in [4.69, 9.17) is 10.2 Å². The summed E-state index contributed by atoms with van der Waals surface area (Å²) in [4.78, 5) is 35.0. The Morgan fingerprint density at radius 1 is 1.30 bits per heavy atom. The number of carboxylic acids is 2. The summed E-state index contributed by atoms with van der Waals surface area (Å²) in [7, 11) is 1.98. The number of carboxylic acid groups (broad SMARTS) is 2. The second-order valence-corrected chi connectivity index (χ2v) is 5.09. The SMILES string of the molecule is CC(CNC(=O)NC(CC(=O)O)C(=O)O)N(C)C1CC1. The molecule has 1 aliphatic rings. The summed E-state index contributed by atoms with van der Waals surface area (Å²) >= 11 is 0. The summed E-state index contributed by atoms with van der Waals surface area (Å²) in [5.74, 6) is -2.65. The summed E-state index contributed by atoms with van der Waals surface area (Å²) in [5, 5.41) is 22.1. The smallest absolute Gasteiger partial charge is 0.326 e. The minimum atomic E-state index is -1.43. The maximum atomic E-state index is 11.6. The first-order valence-electron chi connectivity index (χ1n) is 6.52. The standard InChI is InChI=1S/C12H21N3O5/c1-7(15(2)8-3-4-8)6-13-12(20)14-9(11(18)19)5-10(16)17/h7-9H,3-6H2,1-2H3,(H,16,17)(H,18,19)(H2,13,14,20). The highest BCUT2D eigenvalue weighted by Crippen LogP contribution is 2.26. The fraction of sp³-hybridized carbons (Fsp3) is 0.750. The van der Waals surface area contributed by atoms with Crippen LogP contribution in [0.1, 0.15) is 26.2 Å². The van der Waals surface area contributed by atoms with Crippen molar-refractivity contribution in [2.75, 3.05) is 13.6 Å². The number of nitrogens with one attached hydrogen (secondary N) is 2. The molecule has 0 aliphatic heterocycles. The number of nitrogens with zero attached hydrogens (tertiary/aromatic N) is 1. The summed E-state index contributed by atoms with van der Waals surface area (Å²) in [6.45, 7) is 2.34. The highest BCUT2D eigenvalue weighted by molar-refractivity contribution is 5.86. The zero-order valence-electron chi connectivity index (χ0n) is 11.6.